The molecule has 2 aromatic rings. The summed E-state index contributed by atoms with van der Waals surface area (Å²) in [6.07, 6.45) is 10.4. The van der Waals surface area contributed by atoms with Gasteiger partial charge in [0, 0.05) is 25.3 Å². The Morgan fingerprint density at radius 3 is 2.37 bits per heavy atom. The summed E-state index contributed by atoms with van der Waals surface area (Å²) in [7, 11) is 1.84. The molecule has 11 nitrogen and oxygen atoms in total. The molecule has 0 bridgehead atoms. The van der Waals surface area contributed by atoms with E-state index in [0.29, 0.717) is 35.7 Å². The highest BCUT2D eigenvalue weighted by Crippen LogP contribution is 2.67. The van der Waals surface area contributed by atoms with Crippen molar-refractivity contribution in [2.45, 2.75) is 91.3 Å². The highest BCUT2D eigenvalue weighted by atomic mass is 16.7. The van der Waals surface area contributed by atoms with Crippen LogP contribution in [0.5, 0.6) is 11.5 Å². The van der Waals surface area contributed by atoms with Crippen LogP contribution in [0.2, 0.25) is 0 Å². The summed E-state index contributed by atoms with van der Waals surface area (Å²) >= 11 is 0. The van der Waals surface area contributed by atoms with Gasteiger partial charge in [-0.25, -0.2) is 4.79 Å². The van der Waals surface area contributed by atoms with Gasteiger partial charge in [0.2, 0.25) is 0 Å². The van der Waals surface area contributed by atoms with Crippen molar-refractivity contribution in [1.29, 1.82) is 0 Å². The van der Waals surface area contributed by atoms with Crippen LogP contribution in [-0.2, 0) is 9.47 Å². The SMILES string of the molecule is CO[C@H]1CC[C@@]2(C)C(=CC[C@H]3[C@@H]4CC[C@H]([C@H](C)COc5ccc([N+](=O)[O-])c(C(C)OC(=O)Oc6ccc([N+](=O)[O-])cc6)c5)[C@@]4(C)CC[C@@H]32)C1. The number of hydrogen-bond donors (Lipinski definition) is 0. The summed E-state index contributed by atoms with van der Waals surface area (Å²) < 4.78 is 22.6. The van der Waals surface area contributed by atoms with Crippen LogP contribution in [0, 0.1) is 60.6 Å². The lowest BCUT2D eigenvalue weighted by Crippen LogP contribution is -2.51. The van der Waals surface area contributed by atoms with E-state index in [4.69, 9.17) is 18.9 Å². The van der Waals surface area contributed by atoms with Gasteiger partial charge in [-0.15, -0.1) is 0 Å². The van der Waals surface area contributed by atoms with Crippen molar-refractivity contribution in [1.82, 2.24) is 0 Å². The van der Waals surface area contributed by atoms with E-state index in [1.807, 2.05) is 7.11 Å². The topological polar surface area (TPSA) is 140 Å². The normalized spacial score (nSPS) is 31.6. The fourth-order valence-electron chi connectivity index (χ4n) is 10.2. The van der Waals surface area contributed by atoms with Crippen LogP contribution in [-0.4, -0.2) is 35.8 Å². The lowest BCUT2D eigenvalue weighted by atomic mass is 9.47. The Balaban J connectivity index is 1.09. The van der Waals surface area contributed by atoms with Crippen molar-refractivity contribution < 1.29 is 33.6 Å². The number of nitro benzene ring substituents is 2. The third-order valence-electron chi connectivity index (χ3n) is 12.8. The van der Waals surface area contributed by atoms with Crippen LogP contribution in [0.3, 0.4) is 0 Å². The average Bonchev–Trinajstić information content (AvgIpc) is 3.44. The van der Waals surface area contributed by atoms with Crippen molar-refractivity contribution in [3.05, 3.63) is 79.9 Å². The van der Waals surface area contributed by atoms with Crippen LogP contribution in [0.15, 0.2) is 54.1 Å². The zero-order valence-electron chi connectivity index (χ0n) is 29.1. The third kappa shape index (κ3) is 6.66. The number of hydrogen-bond acceptors (Lipinski definition) is 9. The second-order valence-electron chi connectivity index (χ2n) is 15.2. The molecule has 0 radical (unpaired) electrons. The van der Waals surface area contributed by atoms with Gasteiger partial charge in [-0.3, -0.25) is 20.2 Å². The zero-order chi connectivity index (χ0) is 35.1. The van der Waals surface area contributed by atoms with Gasteiger partial charge < -0.3 is 18.9 Å². The Morgan fingerprint density at radius 1 is 0.939 bits per heavy atom. The summed E-state index contributed by atoms with van der Waals surface area (Å²) in [6, 6.07) is 9.47. The Hall–Kier alpha value is -3.99. The monoisotopic (exact) mass is 676 g/mol. The predicted molar refractivity (Wildman–Crippen MR) is 182 cm³/mol. The predicted octanol–water partition coefficient (Wildman–Crippen LogP) is 9.39. The molecule has 3 saturated carbocycles. The maximum absolute atomic E-state index is 12.5. The first-order chi connectivity index (χ1) is 23.3. The number of carbonyl (C=O) groups excluding carboxylic acids is 1. The quantitative estimate of drug-likeness (QED) is 0.0791. The maximum atomic E-state index is 12.5. The van der Waals surface area contributed by atoms with Gasteiger partial charge in [0.1, 0.15) is 17.6 Å². The number of non-ortho nitro benzene ring substituents is 1. The summed E-state index contributed by atoms with van der Waals surface area (Å²) in [4.78, 5) is 34.2. The number of ether oxygens (including phenoxy) is 4. The lowest BCUT2D eigenvalue weighted by Gasteiger charge is -2.58. The van der Waals surface area contributed by atoms with E-state index in [1.165, 1.54) is 75.8 Å². The molecule has 264 valence electrons. The van der Waals surface area contributed by atoms with Crippen molar-refractivity contribution in [3.8, 4) is 11.5 Å². The maximum Gasteiger partial charge on any atom is 0.514 e. The first kappa shape index (κ1) is 34.9. The zero-order valence-corrected chi connectivity index (χ0v) is 29.1. The summed E-state index contributed by atoms with van der Waals surface area (Å²) in [6.45, 7) is 9.32. The Morgan fingerprint density at radius 2 is 1.67 bits per heavy atom. The molecule has 9 atom stereocenters. The minimum atomic E-state index is -1.09. The molecule has 49 heavy (non-hydrogen) atoms. The van der Waals surface area contributed by atoms with Gasteiger partial charge in [0.25, 0.3) is 11.4 Å². The molecule has 3 fully saturated rings. The number of rotatable bonds is 10. The number of fused-ring (bicyclic) bond motifs is 5. The average molecular weight is 677 g/mol. The van der Waals surface area contributed by atoms with Crippen LogP contribution < -0.4 is 9.47 Å². The largest absolute Gasteiger partial charge is 0.514 e. The second-order valence-corrected chi connectivity index (χ2v) is 15.2. The first-order valence-electron chi connectivity index (χ1n) is 17.6. The van der Waals surface area contributed by atoms with Gasteiger partial charge >= 0.3 is 6.16 Å². The summed E-state index contributed by atoms with van der Waals surface area (Å²) in [5, 5.41) is 22.8. The van der Waals surface area contributed by atoms with Crippen molar-refractivity contribution >= 4 is 17.5 Å². The van der Waals surface area contributed by atoms with Crippen LogP contribution >= 0.6 is 0 Å². The van der Waals surface area contributed by atoms with Gasteiger partial charge in [-0.1, -0.05) is 32.4 Å². The number of methoxy groups -OCH3 is 1. The van der Waals surface area contributed by atoms with E-state index >= 15 is 0 Å². The first-order valence-corrected chi connectivity index (χ1v) is 17.6. The van der Waals surface area contributed by atoms with Gasteiger partial charge in [0.05, 0.1) is 28.1 Å². The Labute approximate surface area is 287 Å². The third-order valence-corrected chi connectivity index (χ3v) is 12.8. The fourth-order valence-corrected chi connectivity index (χ4v) is 10.2. The highest BCUT2D eigenvalue weighted by Gasteiger charge is 2.59. The van der Waals surface area contributed by atoms with Crippen molar-refractivity contribution in [2.24, 2.45) is 40.4 Å². The number of benzene rings is 2. The molecule has 0 spiro atoms. The number of allylic oxidation sites excluding steroid dienone is 1. The second kappa shape index (κ2) is 13.7. The van der Waals surface area contributed by atoms with Crippen LogP contribution in [0.4, 0.5) is 16.2 Å². The van der Waals surface area contributed by atoms with E-state index in [-0.39, 0.29) is 34.0 Å². The molecule has 0 aliphatic heterocycles. The fraction of sp³-hybridized carbons (Fsp3) is 0.605. The van der Waals surface area contributed by atoms with E-state index in [9.17, 15) is 25.0 Å². The molecule has 4 aliphatic carbocycles. The molecule has 4 aliphatic rings. The molecule has 0 amide bonds. The van der Waals surface area contributed by atoms with E-state index < -0.39 is 22.1 Å². The summed E-state index contributed by atoms with van der Waals surface area (Å²) in [5.41, 5.74) is 2.01. The molecule has 1 unspecified atom stereocenters. The lowest BCUT2D eigenvalue weighted by molar-refractivity contribution is -0.386. The minimum absolute atomic E-state index is 0.0489. The van der Waals surface area contributed by atoms with E-state index in [0.717, 1.165) is 24.7 Å². The van der Waals surface area contributed by atoms with Gasteiger partial charge in [-0.2, -0.15) is 0 Å². The Bertz CT molecular complexity index is 1610. The summed E-state index contributed by atoms with van der Waals surface area (Å²) in [5.74, 6) is 3.49. The molecule has 0 heterocycles. The minimum Gasteiger partial charge on any atom is -0.493 e. The van der Waals surface area contributed by atoms with Crippen LogP contribution in [0.25, 0.3) is 0 Å². The number of carbonyl (C=O) groups is 1. The van der Waals surface area contributed by atoms with Crippen molar-refractivity contribution in [2.75, 3.05) is 13.7 Å². The van der Waals surface area contributed by atoms with E-state index in [1.54, 1.807) is 17.7 Å². The molecular formula is C38H48N2O9. The van der Waals surface area contributed by atoms with Crippen molar-refractivity contribution in [3.63, 3.8) is 0 Å². The molecule has 0 aromatic heterocycles. The van der Waals surface area contributed by atoms with Gasteiger partial charge in [0.15, 0.2) is 0 Å². The molecule has 11 heteroatoms. The molecule has 0 N–H and O–H groups in total. The smallest absolute Gasteiger partial charge is 0.493 e. The Kier molecular flexibility index (Phi) is 9.77. The van der Waals surface area contributed by atoms with Crippen LogP contribution in [0.1, 0.15) is 90.7 Å². The number of nitrogens with zero attached hydrogens (tertiary/aromatic N) is 2. The highest BCUT2D eigenvalue weighted by molar-refractivity contribution is 5.65. The van der Waals surface area contributed by atoms with E-state index in [2.05, 4.69) is 26.8 Å². The standard InChI is InChI=1S/C38H48N2O9/c1-23(32-13-14-33-30-12-6-25-20-28(46-5)16-18-37(25,3)34(30)17-19-38(32,33)4)22-47-29-11-15-35(40(44)45)31(21-29)24(2)48-36(41)49-27-9-7-26(8-10-27)39(42)43/h6-11,15,21,23-24,28,30,32-34H,12-14,16-20,22H2,1-5H3/t23-,24?,28+,30+,32-,33+,34+,37+,38-/m1/s1. The molecule has 6 rings (SSSR count). The molecular weight excluding hydrogens is 628 g/mol. The molecule has 0 saturated heterocycles. The number of nitro groups is 2. The van der Waals surface area contributed by atoms with Gasteiger partial charge in [-0.05, 0) is 123 Å². The molecule has 2 aromatic carbocycles.